The molecule has 2 rings (SSSR count). The summed E-state index contributed by atoms with van der Waals surface area (Å²) in [7, 11) is 0. The molecule has 0 unspecified atom stereocenters. The summed E-state index contributed by atoms with van der Waals surface area (Å²) in [5.41, 5.74) is 5.29. The summed E-state index contributed by atoms with van der Waals surface area (Å²) in [6.07, 6.45) is 2.17. The highest BCUT2D eigenvalue weighted by atomic mass is 19.1. The van der Waals surface area contributed by atoms with Gasteiger partial charge in [-0.25, -0.2) is 18.7 Å². The van der Waals surface area contributed by atoms with Crippen molar-refractivity contribution in [3.63, 3.8) is 0 Å². The van der Waals surface area contributed by atoms with Crippen LogP contribution >= 0.6 is 0 Å². The van der Waals surface area contributed by atoms with Crippen LogP contribution in [0.4, 0.5) is 8.78 Å². The number of nitrogens with zero attached hydrogens (tertiary/aromatic N) is 4. The Labute approximate surface area is 83.6 Å². The van der Waals surface area contributed by atoms with Gasteiger partial charge in [-0.05, 0) is 0 Å². The molecule has 7 heteroatoms. The van der Waals surface area contributed by atoms with E-state index in [0.29, 0.717) is 5.82 Å². The lowest BCUT2D eigenvalue weighted by molar-refractivity contribution is 0.559. The molecule has 0 saturated heterocycles. The summed E-state index contributed by atoms with van der Waals surface area (Å²) in [6.45, 7) is 0.149. The molecular weight excluding hydrogens is 204 g/mol. The van der Waals surface area contributed by atoms with Gasteiger partial charge >= 0.3 is 0 Å². The Morgan fingerprint density at radius 2 is 2.13 bits per heavy atom. The lowest BCUT2D eigenvalue weighted by Crippen LogP contribution is -2.04. The Hall–Kier alpha value is -1.89. The highest BCUT2D eigenvalue weighted by Crippen LogP contribution is 2.09. The fraction of sp³-hybridized carbons (Fsp3) is 0.125. The highest BCUT2D eigenvalue weighted by molar-refractivity contribution is 5.22. The van der Waals surface area contributed by atoms with E-state index in [1.807, 2.05) is 0 Å². The maximum absolute atomic E-state index is 13.2. The summed E-state index contributed by atoms with van der Waals surface area (Å²) < 4.78 is 26.9. The molecule has 0 atom stereocenters. The van der Waals surface area contributed by atoms with Crippen molar-refractivity contribution in [2.24, 2.45) is 5.73 Å². The third kappa shape index (κ3) is 1.82. The van der Waals surface area contributed by atoms with E-state index in [0.717, 1.165) is 16.9 Å². The van der Waals surface area contributed by atoms with Gasteiger partial charge in [0.1, 0.15) is 12.1 Å². The van der Waals surface area contributed by atoms with Gasteiger partial charge in [-0.2, -0.15) is 4.68 Å². The van der Waals surface area contributed by atoms with Gasteiger partial charge in [0.05, 0.1) is 12.7 Å². The highest BCUT2D eigenvalue weighted by Gasteiger charge is 2.09. The summed E-state index contributed by atoms with van der Waals surface area (Å²) in [5, 5.41) is 3.85. The van der Waals surface area contributed by atoms with Crippen molar-refractivity contribution in [1.82, 2.24) is 19.7 Å². The van der Waals surface area contributed by atoms with Crippen LogP contribution in [0.5, 0.6) is 0 Å². The number of hydrogen-bond donors (Lipinski definition) is 1. The van der Waals surface area contributed by atoms with E-state index in [1.165, 1.54) is 6.33 Å². The largest absolute Gasteiger partial charge is 0.324 e. The van der Waals surface area contributed by atoms with Crippen molar-refractivity contribution < 1.29 is 8.78 Å². The van der Waals surface area contributed by atoms with Crippen LogP contribution in [0.15, 0.2) is 18.6 Å². The zero-order chi connectivity index (χ0) is 10.8. The van der Waals surface area contributed by atoms with Crippen LogP contribution in [-0.2, 0) is 6.54 Å². The molecule has 2 heterocycles. The van der Waals surface area contributed by atoms with Crippen LogP contribution in [0.25, 0.3) is 5.82 Å². The first-order valence-corrected chi connectivity index (χ1v) is 4.12. The number of rotatable bonds is 2. The van der Waals surface area contributed by atoms with Gasteiger partial charge in [-0.15, -0.1) is 5.10 Å². The first kappa shape index (κ1) is 9.66. The second-order valence-electron chi connectivity index (χ2n) is 2.77. The second-order valence-corrected chi connectivity index (χ2v) is 2.77. The van der Waals surface area contributed by atoms with Gasteiger partial charge in [-0.1, -0.05) is 0 Å². The fourth-order valence-corrected chi connectivity index (χ4v) is 1.07. The minimum atomic E-state index is -0.802. The lowest BCUT2D eigenvalue weighted by Gasteiger charge is -1.99. The lowest BCUT2D eigenvalue weighted by atomic mass is 10.4. The molecule has 2 aromatic heterocycles. The first-order valence-electron chi connectivity index (χ1n) is 4.12. The van der Waals surface area contributed by atoms with E-state index >= 15 is 0 Å². The van der Waals surface area contributed by atoms with Gasteiger partial charge in [0.25, 0.3) is 0 Å². The Bertz CT molecular complexity index is 482. The van der Waals surface area contributed by atoms with E-state index < -0.39 is 11.6 Å². The predicted molar refractivity (Wildman–Crippen MR) is 47.0 cm³/mol. The molecule has 0 radical (unpaired) electrons. The molecule has 5 nitrogen and oxygen atoms in total. The molecule has 2 N–H and O–H groups in total. The van der Waals surface area contributed by atoms with Crippen LogP contribution in [0.3, 0.4) is 0 Å². The van der Waals surface area contributed by atoms with Crippen molar-refractivity contribution in [3.8, 4) is 5.82 Å². The third-order valence-electron chi connectivity index (χ3n) is 1.73. The van der Waals surface area contributed by atoms with Gasteiger partial charge in [0.15, 0.2) is 17.5 Å². The summed E-state index contributed by atoms with van der Waals surface area (Å²) in [4.78, 5) is 7.37. The van der Waals surface area contributed by atoms with Gasteiger partial charge in [0, 0.05) is 6.07 Å². The standard InChI is InChI=1S/C8H7F2N5/c9-5-1-6(10)8(12-3-5)15-4-13-7(2-11)14-15/h1,3-4H,2,11H2. The SMILES string of the molecule is NCc1ncn(-c2ncc(F)cc2F)n1. The topological polar surface area (TPSA) is 69.6 Å². The molecule has 0 aliphatic rings. The summed E-state index contributed by atoms with van der Waals surface area (Å²) >= 11 is 0. The minimum absolute atomic E-state index is 0.108. The minimum Gasteiger partial charge on any atom is -0.324 e. The van der Waals surface area contributed by atoms with E-state index in [2.05, 4.69) is 15.1 Å². The van der Waals surface area contributed by atoms with E-state index in [4.69, 9.17) is 5.73 Å². The van der Waals surface area contributed by atoms with Gasteiger partial charge in [-0.3, -0.25) is 0 Å². The van der Waals surface area contributed by atoms with Gasteiger partial charge < -0.3 is 5.73 Å². The molecule has 15 heavy (non-hydrogen) atoms. The average molecular weight is 211 g/mol. The van der Waals surface area contributed by atoms with Crippen molar-refractivity contribution in [2.45, 2.75) is 6.54 Å². The van der Waals surface area contributed by atoms with E-state index in [9.17, 15) is 8.78 Å². The Morgan fingerprint density at radius 1 is 1.33 bits per heavy atom. The normalized spacial score (nSPS) is 10.6. The molecule has 0 aromatic carbocycles. The van der Waals surface area contributed by atoms with Crippen LogP contribution in [0.1, 0.15) is 5.82 Å². The molecule has 0 fully saturated rings. The molecule has 2 aromatic rings. The Kier molecular flexibility index (Phi) is 2.38. The van der Waals surface area contributed by atoms with Crippen LogP contribution in [0.2, 0.25) is 0 Å². The van der Waals surface area contributed by atoms with Crippen molar-refractivity contribution >= 4 is 0 Å². The summed E-state index contributed by atoms with van der Waals surface area (Å²) in [6, 6.07) is 0.728. The Balaban J connectivity index is 2.44. The van der Waals surface area contributed by atoms with Gasteiger partial charge in [0.2, 0.25) is 0 Å². The maximum atomic E-state index is 13.2. The van der Waals surface area contributed by atoms with Crippen molar-refractivity contribution in [1.29, 1.82) is 0 Å². The van der Waals surface area contributed by atoms with Crippen LogP contribution in [-0.4, -0.2) is 19.7 Å². The molecular formula is C8H7F2N5. The monoisotopic (exact) mass is 211 g/mol. The molecule has 0 spiro atoms. The average Bonchev–Trinajstić information content (AvgIpc) is 2.66. The predicted octanol–water partition coefficient (Wildman–Crippen LogP) is 0.399. The third-order valence-corrected chi connectivity index (χ3v) is 1.73. The van der Waals surface area contributed by atoms with E-state index in [-0.39, 0.29) is 12.4 Å². The maximum Gasteiger partial charge on any atom is 0.191 e. The molecule has 0 aliphatic heterocycles. The molecule has 0 aliphatic carbocycles. The van der Waals surface area contributed by atoms with Crippen LogP contribution in [0, 0.1) is 11.6 Å². The van der Waals surface area contributed by atoms with E-state index in [1.54, 1.807) is 0 Å². The van der Waals surface area contributed by atoms with Crippen LogP contribution < -0.4 is 5.73 Å². The number of aromatic nitrogens is 4. The quantitative estimate of drug-likeness (QED) is 0.780. The van der Waals surface area contributed by atoms with Crippen molar-refractivity contribution in [2.75, 3.05) is 0 Å². The molecule has 78 valence electrons. The number of pyridine rings is 1. The Morgan fingerprint density at radius 3 is 2.73 bits per heavy atom. The molecule has 0 saturated carbocycles. The molecule has 0 amide bonds. The fourth-order valence-electron chi connectivity index (χ4n) is 1.07. The smallest absolute Gasteiger partial charge is 0.191 e. The number of hydrogen-bond acceptors (Lipinski definition) is 4. The number of halogens is 2. The summed E-state index contributed by atoms with van der Waals surface area (Å²) in [5.74, 6) is -1.29. The zero-order valence-electron chi connectivity index (χ0n) is 7.56. The zero-order valence-corrected chi connectivity index (χ0v) is 7.56. The second kappa shape index (κ2) is 3.70. The first-order chi connectivity index (χ1) is 7.20. The molecule has 0 bridgehead atoms. The number of nitrogens with two attached hydrogens (primary N) is 1. The van der Waals surface area contributed by atoms with Crippen molar-refractivity contribution in [3.05, 3.63) is 36.0 Å².